The lowest BCUT2D eigenvalue weighted by Gasteiger charge is -2.17. The highest BCUT2D eigenvalue weighted by atomic mass is 16.1. The van der Waals surface area contributed by atoms with Crippen molar-refractivity contribution in [3.05, 3.63) is 53.1 Å². The van der Waals surface area contributed by atoms with Crippen LogP contribution in [0.3, 0.4) is 0 Å². The van der Waals surface area contributed by atoms with Gasteiger partial charge in [0, 0.05) is 42.3 Å². The average molecular weight is 448 g/mol. The van der Waals surface area contributed by atoms with Gasteiger partial charge in [0.05, 0.1) is 0 Å². The van der Waals surface area contributed by atoms with E-state index in [1.807, 2.05) is 18.2 Å². The first kappa shape index (κ1) is 23.1. The quantitative estimate of drug-likeness (QED) is 0.381. The van der Waals surface area contributed by atoms with Crippen molar-refractivity contribution in [1.82, 2.24) is 10.6 Å². The zero-order chi connectivity index (χ0) is 23.2. The van der Waals surface area contributed by atoms with E-state index in [1.165, 1.54) is 42.5 Å². The fraction of sp³-hybridized carbons (Fsp3) is 0.481. The minimum Gasteiger partial charge on any atom is -0.385 e. The fourth-order valence-corrected chi connectivity index (χ4v) is 4.13. The number of guanidine groups is 1. The second kappa shape index (κ2) is 10.7. The summed E-state index contributed by atoms with van der Waals surface area (Å²) >= 11 is 0. The summed E-state index contributed by atoms with van der Waals surface area (Å²) in [5.41, 5.74) is 6.46. The Morgan fingerprint density at radius 1 is 1.15 bits per heavy atom. The molecule has 2 aromatic carbocycles. The second-order valence-electron chi connectivity index (χ2n) is 9.66. The minimum atomic E-state index is -0.111. The van der Waals surface area contributed by atoms with Crippen molar-refractivity contribution in [2.45, 2.75) is 58.8 Å². The molecule has 0 bridgehead atoms. The van der Waals surface area contributed by atoms with E-state index in [-0.39, 0.29) is 5.91 Å². The lowest BCUT2D eigenvalue weighted by Crippen LogP contribution is -2.43. The van der Waals surface area contributed by atoms with Crippen LogP contribution in [0.5, 0.6) is 0 Å². The number of hydrogen-bond acceptors (Lipinski definition) is 5. The number of carbonyl (C=O) groups excluding carboxylic acids is 1. The summed E-state index contributed by atoms with van der Waals surface area (Å²) in [5.74, 6) is 1.72. The number of amides is 1. The number of aryl methyl sites for hydroxylation is 1. The van der Waals surface area contributed by atoms with Crippen molar-refractivity contribution in [1.29, 1.82) is 0 Å². The van der Waals surface area contributed by atoms with Crippen LogP contribution in [0.1, 0.15) is 73.4 Å². The zero-order valence-corrected chi connectivity index (χ0v) is 20.1. The Labute approximate surface area is 197 Å². The molecule has 6 heteroatoms. The van der Waals surface area contributed by atoms with Crippen molar-refractivity contribution in [2.24, 2.45) is 10.9 Å². The van der Waals surface area contributed by atoms with E-state index in [0.29, 0.717) is 17.4 Å². The van der Waals surface area contributed by atoms with Gasteiger partial charge >= 0.3 is 0 Å². The van der Waals surface area contributed by atoms with Gasteiger partial charge in [-0.3, -0.25) is 15.1 Å². The molecule has 1 aliphatic carbocycles. The SMILES string of the molecule is Cc1ccc(Nc2ccc(C(=O)NC3=NCCCN3)cc2C2CC2)cc1NCCCC(C)C. The van der Waals surface area contributed by atoms with Crippen molar-refractivity contribution < 1.29 is 4.79 Å². The van der Waals surface area contributed by atoms with Crippen molar-refractivity contribution in [2.75, 3.05) is 30.3 Å². The monoisotopic (exact) mass is 447 g/mol. The summed E-state index contributed by atoms with van der Waals surface area (Å²) < 4.78 is 0. The van der Waals surface area contributed by atoms with Gasteiger partial charge in [-0.1, -0.05) is 19.9 Å². The molecule has 1 aliphatic heterocycles. The van der Waals surface area contributed by atoms with Crippen LogP contribution in [-0.4, -0.2) is 31.5 Å². The van der Waals surface area contributed by atoms with Crippen LogP contribution in [0.15, 0.2) is 41.4 Å². The summed E-state index contributed by atoms with van der Waals surface area (Å²) in [4.78, 5) is 17.1. The van der Waals surface area contributed by atoms with E-state index >= 15 is 0 Å². The number of hydrogen-bond donors (Lipinski definition) is 4. The lowest BCUT2D eigenvalue weighted by atomic mass is 10.0. The predicted octanol–water partition coefficient (Wildman–Crippen LogP) is 5.54. The molecule has 0 aromatic heterocycles. The molecule has 0 saturated heterocycles. The Hall–Kier alpha value is -3.02. The zero-order valence-electron chi connectivity index (χ0n) is 20.1. The van der Waals surface area contributed by atoms with Gasteiger partial charge in [0.25, 0.3) is 5.91 Å². The molecule has 0 radical (unpaired) electrons. The lowest BCUT2D eigenvalue weighted by molar-refractivity contribution is 0.0975. The number of benzene rings is 2. The van der Waals surface area contributed by atoms with Crippen LogP contribution in [-0.2, 0) is 0 Å². The van der Waals surface area contributed by atoms with Crippen molar-refractivity contribution in [3.63, 3.8) is 0 Å². The van der Waals surface area contributed by atoms with Gasteiger partial charge in [-0.25, -0.2) is 0 Å². The Morgan fingerprint density at radius 2 is 2.00 bits per heavy atom. The topological polar surface area (TPSA) is 77.5 Å². The molecule has 1 saturated carbocycles. The first-order valence-corrected chi connectivity index (χ1v) is 12.3. The van der Waals surface area contributed by atoms with Crippen molar-refractivity contribution >= 4 is 28.9 Å². The molecule has 33 heavy (non-hydrogen) atoms. The second-order valence-corrected chi connectivity index (χ2v) is 9.66. The first-order valence-electron chi connectivity index (χ1n) is 12.3. The smallest absolute Gasteiger partial charge is 0.257 e. The van der Waals surface area contributed by atoms with Gasteiger partial charge in [-0.05, 0) is 92.3 Å². The molecule has 1 heterocycles. The van der Waals surface area contributed by atoms with E-state index in [1.54, 1.807) is 0 Å². The molecule has 6 nitrogen and oxygen atoms in total. The van der Waals surface area contributed by atoms with E-state index in [0.717, 1.165) is 43.3 Å². The Balaban J connectivity index is 1.46. The molecule has 176 valence electrons. The van der Waals surface area contributed by atoms with Crippen LogP contribution in [0, 0.1) is 12.8 Å². The molecule has 4 rings (SSSR count). The number of carbonyl (C=O) groups is 1. The third-order valence-electron chi connectivity index (χ3n) is 6.25. The summed E-state index contributed by atoms with van der Waals surface area (Å²) in [5, 5.41) is 13.3. The van der Waals surface area contributed by atoms with Gasteiger partial charge in [-0.15, -0.1) is 0 Å². The van der Waals surface area contributed by atoms with Crippen LogP contribution < -0.4 is 21.3 Å². The minimum absolute atomic E-state index is 0.111. The highest BCUT2D eigenvalue weighted by molar-refractivity contribution is 6.06. The molecule has 4 N–H and O–H groups in total. The predicted molar refractivity (Wildman–Crippen MR) is 138 cm³/mol. The van der Waals surface area contributed by atoms with Crippen molar-refractivity contribution in [3.8, 4) is 0 Å². The third kappa shape index (κ3) is 6.50. The van der Waals surface area contributed by atoms with Crippen LogP contribution in [0.4, 0.5) is 17.1 Å². The Kier molecular flexibility index (Phi) is 7.53. The van der Waals surface area contributed by atoms with Gasteiger partial charge < -0.3 is 16.0 Å². The summed E-state index contributed by atoms with van der Waals surface area (Å²) in [7, 11) is 0. The molecular formula is C27H37N5O. The van der Waals surface area contributed by atoms with E-state index in [9.17, 15) is 4.79 Å². The highest BCUT2D eigenvalue weighted by Gasteiger charge is 2.27. The fourth-order valence-electron chi connectivity index (χ4n) is 4.13. The van der Waals surface area contributed by atoms with Crippen LogP contribution >= 0.6 is 0 Å². The normalized spacial score (nSPS) is 15.6. The van der Waals surface area contributed by atoms with Gasteiger partial charge in [0.15, 0.2) is 5.96 Å². The number of rotatable bonds is 9. The number of aliphatic imine (C=N–C) groups is 1. The number of nitrogens with one attached hydrogen (secondary N) is 4. The molecule has 0 unspecified atom stereocenters. The maximum atomic E-state index is 12.8. The van der Waals surface area contributed by atoms with Crippen LogP contribution in [0.2, 0.25) is 0 Å². The molecule has 1 amide bonds. The van der Waals surface area contributed by atoms with Gasteiger partial charge in [0.2, 0.25) is 0 Å². The average Bonchev–Trinajstić information content (AvgIpc) is 3.65. The third-order valence-corrected chi connectivity index (χ3v) is 6.25. The van der Waals surface area contributed by atoms with Gasteiger partial charge in [0.1, 0.15) is 0 Å². The van der Waals surface area contributed by atoms with E-state index in [2.05, 4.69) is 65.2 Å². The maximum absolute atomic E-state index is 12.8. The van der Waals surface area contributed by atoms with E-state index in [4.69, 9.17) is 0 Å². The molecule has 1 fully saturated rings. The Bertz CT molecular complexity index is 1010. The maximum Gasteiger partial charge on any atom is 0.257 e. The highest BCUT2D eigenvalue weighted by Crippen LogP contribution is 2.44. The standard InChI is InChI=1S/C27H37N5O/c1-18(2)6-4-13-28-25-17-22(11-7-19(25)3)31-24-12-10-21(16-23(24)20-8-9-20)26(33)32-27-29-14-5-15-30-27/h7,10-12,16-18,20,28,31H,4-6,8-9,13-15H2,1-3H3,(H2,29,30,32,33). The van der Waals surface area contributed by atoms with Gasteiger partial charge in [-0.2, -0.15) is 0 Å². The molecule has 0 spiro atoms. The van der Waals surface area contributed by atoms with E-state index < -0.39 is 0 Å². The Morgan fingerprint density at radius 3 is 2.73 bits per heavy atom. The molecule has 2 aliphatic rings. The number of anilines is 3. The summed E-state index contributed by atoms with van der Waals surface area (Å²) in [6.45, 7) is 9.26. The molecule has 2 aromatic rings. The number of nitrogens with zero attached hydrogens (tertiary/aromatic N) is 1. The molecular weight excluding hydrogens is 410 g/mol. The summed E-state index contributed by atoms with van der Waals surface area (Å²) in [6, 6.07) is 12.4. The summed E-state index contributed by atoms with van der Waals surface area (Å²) in [6.07, 6.45) is 5.75. The molecule has 0 atom stereocenters. The van der Waals surface area contributed by atoms with Crippen LogP contribution in [0.25, 0.3) is 0 Å². The first-order chi connectivity index (χ1) is 16.0. The largest absolute Gasteiger partial charge is 0.385 e.